The monoisotopic (exact) mass is 462 g/mol. The summed E-state index contributed by atoms with van der Waals surface area (Å²) in [5.41, 5.74) is 4.55. The molecule has 31 heavy (non-hydrogen) atoms. The van der Waals surface area contributed by atoms with Crippen LogP contribution in [-0.4, -0.2) is 49.7 Å². The quantitative estimate of drug-likeness (QED) is 0.433. The van der Waals surface area contributed by atoms with E-state index in [2.05, 4.69) is 23.6 Å². The van der Waals surface area contributed by atoms with Crippen molar-refractivity contribution in [3.8, 4) is 0 Å². The van der Waals surface area contributed by atoms with Crippen molar-refractivity contribution in [1.82, 2.24) is 4.90 Å². The summed E-state index contributed by atoms with van der Waals surface area (Å²) in [6.07, 6.45) is 5.89. The highest BCUT2D eigenvalue weighted by molar-refractivity contribution is 6.42. The minimum Gasteiger partial charge on any atom is -0.462 e. The molecule has 4 nitrogen and oxygen atoms in total. The first kappa shape index (κ1) is 21.6. The predicted molar refractivity (Wildman–Crippen MR) is 126 cm³/mol. The Bertz CT molecular complexity index is 909. The molecule has 168 valence electrons. The van der Waals surface area contributed by atoms with Gasteiger partial charge in [-0.25, -0.2) is 0 Å². The Hall–Kier alpha value is -1.23. The molecule has 1 unspecified atom stereocenters. The van der Waals surface area contributed by atoms with Crippen molar-refractivity contribution < 1.29 is 9.53 Å². The van der Waals surface area contributed by atoms with Crippen LogP contribution in [0.15, 0.2) is 29.3 Å². The first-order valence-electron chi connectivity index (χ1n) is 11.7. The van der Waals surface area contributed by atoms with Gasteiger partial charge < -0.3 is 9.64 Å². The van der Waals surface area contributed by atoms with Gasteiger partial charge in [0.2, 0.25) is 0 Å². The zero-order chi connectivity index (χ0) is 21.8. The van der Waals surface area contributed by atoms with E-state index >= 15 is 0 Å². The second kappa shape index (κ2) is 8.28. The molecular weight excluding hydrogens is 431 g/mol. The number of carbonyl (C=O) groups is 1. The Morgan fingerprint density at radius 3 is 2.68 bits per heavy atom. The highest BCUT2D eigenvalue weighted by Crippen LogP contribution is 2.55. The number of fused-ring (bicyclic) bond motifs is 2. The minimum absolute atomic E-state index is 0.00769. The van der Waals surface area contributed by atoms with Crippen LogP contribution >= 0.6 is 23.2 Å². The van der Waals surface area contributed by atoms with Gasteiger partial charge in [-0.2, -0.15) is 0 Å². The van der Waals surface area contributed by atoms with E-state index in [9.17, 15) is 4.79 Å². The molecule has 2 aliphatic carbocycles. The topological polar surface area (TPSA) is 32.8 Å². The van der Waals surface area contributed by atoms with Gasteiger partial charge in [-0.15, -0.1) is 0 Å². The van der Waals surface area contributed by atoms with Crippen LogP contribution < -0.4 is 4.90 Å². The lowest BCUT2D eigenvalue weighted by molar-refractivity contribution is -0.145. The van der Waals surface area contributed by atoms with Crippen LogP contribution in [0.1, 0.15) is 46.0 Å². The van der Waals surface area contributed by atoms with E-state index in [4.69, 9.17) is 27.9 Å². The Morgan fingerprint density at radius 2 is 1.94 bits per heavy atom. The third kappa shape index (κ3) is 4.00. The van der Waals surface area contributed by atoms with Crippen LogP contribution in [0.4, 0.5) is 5.69 Å². The number of allylic oxidation sites excluding steroid dienone is 2. The molecule has 2 saturated heterocycles. The Morgan fingerprint density at radius 1 is 1.16 bits per heavy atom. The number of hydrogen-bond acceptors (Lipinski definition) is 4. The van der Waals surface area contributed by atoms with Gasteiger partial charge in [0.1, 0.15) is 6.10 Å². The van der Waals surface area contributed by atoms with E-state index in [1.54, 1.807) is 11.1 Å². The van der Waals surface area contributed by atoms with E-state index in [1.807, 2.05) is 18.2 Å². The predicted octanol–water partition coefficient (Wildman–Crippen LogP) is 5.57. The molecule has 0 amide bonds. The number of benzene rings is 1. The lowest BCUT2D eigenvalue weighted by Gasteiger charge is -2.46. The first-order valence-corrected chi connectivity index (χ1v) is 12.4. The molecule has 1 aromatic rings. The molecule has 2 aliphatic heterocycles. The lowest BCUT2D eigenvalue weighted by atomic mass is 9.59. The highest BCUT2D eigenvalue weighted by atomic mass is 35.5. The summed E-state index contributed by atoms with van der Waals surface area (Å²) in [6.45, 7) is 9.26. The normalized spacial score (nSPS) is 33.9. The van der Waals surface area contributed by atoms with Gasteiger partial charge in [0.15, 0.2) is 0 Å². The highest BCUT2D eigenvalue weighted by Gasteiger charge is 2.53. The fourth-order valence-corrected chi connectivity index (χ4v) is 6.76. The summed E-state index contributed by atoms with van der Waals surface area (Å²) in [7, 11) is 0. The second-order valence-corrected chi connectivity index (χ2v) is 11.0. The van der Waals surface area contributed by atoms with Crippen LogP contribution in [0.2, 0.25) is 10.0 Å². The molecular formula is C25H32Cl2N2O2. The smallest absolute Gasteiger partial charge is 0.310 e. The number of nitrogens with zero attached hydrogens (tertiary/aromatic N) is 2. The number of esters is 1. The van der Waals surface area contributed by atoms with Crippen molar-refractivity contribution >= 4 is 34.9 Å². The average Bonchev–Trinajstić information content (AvgIpc) is 3.03. The summed E-state index contributed by atoms with van der Waals surface area (Å²) >= 11 is 12.3. The van der Waals surface area contributed by atoms with E-state index < -0.39 is 0 Å². The van der Waals surface area contributed by atoms with Crippen LogP contribution in [0, 0.1) is 17.3 Å². The van der Waals surface area contributed by atoms with Gasteiger partial charge in [0.25, 0.3) is 0 Å². The van der Waals surface area contributed by atoms with Crippen molar-refractivity contribution in [3.63, 3.8) is 0 Å². The van der Waals surface area contributed by atoms with Gasteiger partial charge >= 0.3 is 5.97 Å². The molecule has 0 radical (unpaired) electrons. The third-order valence-corrected chi connectivity index (χ3v) is 9.01. The summed E-state index contributed by atoms with van der Waals surface area (Å²) in [5.74, 6) is 0.382. The van der Waals surface area contributed by atoms with Crippen molar-refractivity contribution in [2.45, 2.75) is 52.1 Å². The molecule has 6 heteroatoms. The SMILES string of the molecule is CC1=C2C[C@@H]3C(CN4CCN(c5ccc(Cl)c(Cl)c5)CC4)C(=O)O[C@@H]3C[C@@]2(C)CCC1. The molecule has 4 aliphatic rings. The Balaban J connectivity index is 1.24. The van der Waals surface area contributed by atoms with Gasteiger partial charge in [0.05, 0.1) is 16.0 Å². The van der Waals surface area contributed by atoms with Gasteiger partial charge in [0, 0.05) is 44.3 Å². The van der Waals surface area contributed by atoms with Crippen LogP contribution in [-0.2, 0) is 9.53 Å². The molecule has 3 fully saturated rings. The molecule has 0 bridgehead atoms. The average molecular weight is 463 g/mol. The maximum atomic E-state index is 12.9. The summed E-state index contributed by atoms with van der Waals surface area (Å²) in [6, 6.07) is 5.83. The van der Waals surface area contributed by atoms with Crippen LogP contribution in [0.5, 0.6) is 0 Å². The van der Waals surface area contributed by atoms with Crippen molar-refractivity contribution in [2.75, 3.05) is 37.6 Å². The standard InChI is InChI=1S/C25H32Cl2N2O2/c1-16-4-3-7-25(2)14-23-18(13-20(16)25)19(24(30)31-23)15-28-8-10-29(11-9-28)17-5-6-21(26)22(27)12-17/h5-6,12,18-19,23H,3-4,7-11,13-15H2,1-2H3/t18-,19?,23-,25-/m1/s1. The lowest BCUT2D eigenvalue weighted by Crippen LogP contribution is -2.49. The van der Waals surface area contributed by atoms with Crippen molar-refractivity contribution in [3.05, 3.63) is 39.4 Å². The number of carbonyl (C=O) groups excluding carboxylic acids is 1. The van der Waals surface area contributed by atoms with E-state index in [-0.39, 0.29) is 23.4 Å². The summed E-state index contributed by atoms with van der Waals surface area (Å²) in [5, 5.41) is 1.18. The third-order valence-electron chi connectivity index (χ3n) is 8.28. The molecule has 0 spiro atoms. The van der Waals surface area contributed by atoms with E-state index in [0.717, 1.165) is 51.3 Å². The number of hydrogen-bond donors (Lipinski definition) is 0. The molecule has 2 heterocycles. The van der Waals surface area contributed by atoms with Crippen LogP contribution in [0.3, 0.4) is 0 Å². The second-order valence-electron chi connectivity index (χ2n) is 10.2. The fourth-order valence-electron chi connectivity index (χ4n) is 6.47. The first-order chi connectivity index (χ1) is 14.8. The van der Waals surface area contributed by atoms with Crippen LogP contribution in [0.25, 0.3) is 0 Å². The maximum absolute atomic E-state index is 12.9. The Labute approximate surface area is 195 Å². The molecule has 1 saturated carbocycles. The largest absolute Gasteiger partial charge is 0.462 e. The van der Waals surface area contributed by atoms with Gasteiger partial charge in [-0.3, -0.25) is 9.69 Å². The van der Waals surface area contributed by atoms with Crippen molar-refractivity contribution in [1.29, 1.82) is 0 Å². The minimum atomic E-state index is 0.00769. The van der Waals surface area contributed by atoms with E-state index in [0.29, 0.717) is 16.0 Å². The summed E-state index contributed by atoms with van der Waals surface area (Å²) < 4.78 is 5.96. The Kier molecular flexibility index (Phi) is 5.77. The molecule has 0 aromatic heterocycles. The number of rotatable bonds is 3. The zero-order valence-corrected chi connectivity index (χ0v) is 20.0. The number of halogens is 2. The molecule has 4 atom stereocenters. The van der Waals surface area contributed by atoms with E-state index in [1.165, 1.54) is 19.3 Å². The zero-order valence-electron chi connectivity index (χ0n) is 18.5. The summed E-state index contributed by atoms with van der Waals surface area (Å²) in [4.78, 5) is 17.6. The number of anilines is 1. The van der Waals surface area contributed by atoms with Gasteiger partial charge in [-0.1, -0.05) is 41.3 Å². The van der Waals surface area contributed by atoms with Crippen molar-refractivity contribution in [2.24, 2.45) is 17.3 Å². The molecule has 0 N–H and O–H groups in total. The fraction of sp³-hybridized carbons (Fsp3) is 0.640. The number of piperazine rings is 1. The molecule has 5 rings (SSSR count). The molecule has 1 aromatic carbocycles. The number of ether oxygens (including phenoxy) is 1. The van der Waals surface area contributed by atoms with Gasteiger partial charge in [-0.05, 0) is 62.6 Å². The maximum Gasteiger partial charge on any atom is 0.310 e.